The number of fused-ring (bicyclic) bond motifs is 1. The average molecular weight is 364 g/mol. The third-order valence-electron chi connectivity index (χ3n) is 6.73. The van der Waals surface area contributed by atoms with Crippen molar-refractivity contribution in [1.29, 1.82) is 0 Å². The van der Waals surface area contributed by atoms with Crippen LogP contribution in [0.1, 0.15) is 51.9 Å². The SMILES string of the molecule is CCOC(=O)N1CCC(N2CCC(N3C(=O)N[C@@H]4CCCC[C@@H]43)CC2)C1. The van der Waals surface area contributed by atoms with Gasteiger partial charge in [-0.2, -0.15) is 0 Å². The van der Waals surface area contributed by atoms with Crippen LogP contribution in [0, 0.1) is 0 Å². The van der Waals surface area contributed by atoms with E-state index < -0.39 is 0 Å². The van der Waals surface area contributed by atoms with Crippen LogP contribution in [0.3, 0.4) is 0 Å². The summed E-state index contributed by atoms with van der Waals surface area (Å²) >= 11 is 0. The summed E-state index contributed by atoms with van der Waals surface area (Å²) in [5.41, 5.74) is 0. The Hall–Kier alpha value is -1.50. The molecule has 3 heterocycles. The number of hydrogen-bond acceptors (Lipinski definition) is 4. The lowest BCUT2D eigenvalue weighted by atomic mass is 9.89. The van der Waals surface area contributed by atoms with Gasteiger partial charge in [0.1, 0.15) is 0 Å². The zero-order chi connectivity index (χ0) is 18.1. The number of amides is 3. The van der Waals surface area contributed by atoms with Gasteiger partial charge in [0.15, 0.2) is 0 Å². The number of nitrogens with zero attached hydrogens (tertiary/aromatic N) is 3. The number of nitrogens with one attached hydrogen (secondary N) is 1. The fraction of sp³-hybridized carbons (Fsp3) is 0.895. The molecule has 1 saturated carbocycles. The fourth-order valence-electron chi connectivity index (χ4n) is 5.38. The maximum atomic E-state index is 12.5. The maximum Gasteiger partial charge on any atom is 0.409 e. The number of urea groups is 1. The molecule has 1 N–H and O–H groups in total. The van der Waals surface area contributed by atoms with Crippen LogP contribution in [0.15, 0.2) is 0 Å². The van der Waals surface area contributed by atoms with Crippen molar-refractivity contribution in [2.75, 3.05) is 32.8 Å². The summed E-state index contributed by atoms with van der Waals surface area (Å²) < 4.78 is 5.13. The minimum Gasteiger partial charge on any atom is -0.450 e. The second kappa shape index (κ2) is 7.62. The second-order valence-corrected chi connectivity index (χ2v) is 8.17. The molecule has 0 radical (unpaired) electrons. The highest BCUT2D eigenvalue weighted by atomic mass is 16.6. The molecule has 3 saturated heterocycles. The van der Waals surface area contributed by atoms with Crippen LogP contribution in [0.2, 0.25) is 0 Å². The fourth-order valence-corrected chi connectivity index (χ4v) is 5.38. The van der Waals surface area contributed by atoms with Crippen LogP contribution in [-0.2, 0) is 4.74 Å². The molecule has 0 aromatic rings. The Labute approximate surface area is 156 Å². The molecule has 3 aliphatic heterocycles. The number of rotatable bonds is 3. The van der Waals surface area contributed by atoms with Crippen LogP contribution in [0.25, 0.3) is 0 Å². The van der Waals surface area contributed by atoms with Crippen molar-refractivity contribution in [3.63, 3.8) is 0 Å². The normalized spacial score (nSPS) is 33.3. The summed E-state index contributed by atoms with van der Waals surface area (Å²) in [6.07, 6.45) is 7.72. The summed E-state index contributed by atoms with van der Waals surface area (Å²) in [6, 6.07) is 1.77. The number of hydrogen-bond donors (Lipinski definition) is 1. The molecule has 7 heteroatoms. The Balaban J connectivity index is 1.29. The van der Waals surface area contributed by atoms with Gasteiger partial charge in [0.2, 0.25) is 0 Å². The molecule has 4 fully saturated rings. The van der Waals surface area contributed by atoms with E-state index in [1.54, 1.807) is 0 Å². The lowest BCUT2D eigenvalue weighted by molar-refractivity contribution is 0.0796. The van der Waals surface area contributed by atoms with Crippen molar-refractivity contribution < 1.29 is 14.3 Å². The van der Waals surface area contributed by atoms with E-state index in [-0.39, 0.29) is 12.1 Å². The molecule has 3 atom stereocenters. The maximum absolute atomic E-state index is 12.5. The first-order valence-electron chi connectivity index (χ1n) is 10.4. The first-order chi connectivity index (χ1) is 12.7. The van der Waals surface area contributed by atoms with Gasteiger partial charge in [0, 0.05) is 38.3 Å². The molecule has 0 bridgehead atoms. The molecule has 0 aromatic carbocycles. The molecule has 26 heavy (non-hydrogen) atoms. The van der Waals surface area contributed by atoms with E-state index in [4.69, 9.17) is 4.74 Å². The van der Waals surface area contributed by atoms with Gasteiger partial charge in [-0.15, -0.1) is 0 Å². The van der Waals surface area contributed by atoms with Crippen molar-refractivity contribution in [2.24, 2.45) is 0 Å². The first-order valence-corrected chi connectivity index (χ1v) is 10.4. The van der Waals surface area contributed by atoms with Crippen LogP contribution >= 0.6 is 0 Å². The van der Waals surface area contributed by atoms with E-state index in [0.717, 1.165) is 58.3 Å². The van der Waals surface area contributed by atoms with Crippen molar-refractivity contribution in [2.45, 2.75) is 76.0 Å². The van der Waals surface area contributed by atoms with E-state index in [0.29, 0.717) is 30.8 Å². The molecule has 0 aromatic heterocycles. The predicted molar refractivity (Wildman–Crippen MR) is 98.0 cm³/mol. The smallest absolute Gasteiger partial charge is 0.409 e. The van der Waals surface area contributed by atoms with Crippen LogP contribution in [0.5, 0.6) is 0 Å². The number of carbonyl (C=O) groups is 2. The number of piperidine rings is 1. The number of ether oxygens (including phenoxy) is 1. The van der Waals surface area contributed by atoms with Crippen molar-refractivity contribution in [3.05, 3.63) is 0 Å². The summed E-state index contributed by atoms with van der Waals surface area (Å²) in [5.74, 6) is 0. The highest BCUT2D eigenvalue weighted by Gasteiger charge is 2.44. The zero-order valence-corrected chi connectivity index (χ0v) is 15.9. The van der Waals surface area contributed by atoms with E-state index in [9.17, 15) is 9.59 Å². The average Bonchev–Trinajstić information content (AvgIpc) is 3.26. The molecule has 0 spiro atoms. The third-order valence-corrected chi connectivity index (χ3v) is 6.73. The number of likely N-dealkylation sites (tertiary alicyclic amines) is 2. The van der Waals surface area contributed by atoms with Crippen molar-refractivity contribution >= 4 is 12.1 Å². The molecule has 146 valence electrons. The van der Waals surface area contributed by atoms with Gasteiger partial charge in [-0.25, -0.2) is 9.59 Å². The van der Waals surface area contributed by atoms with E-state index >= 15 is 0 Å². The van der Waals surface area contributed by atoms with Crippen molar-refractivity contribution in [1.82, 2.24) is 20.0 Å². The van der Waals surface area contributed by atoms with Gasteiger partial charge in [0.05, 0.1) is 18.7 Å². The predicted octanol–water partition coefficient (Wildman–Crippen LogP) is 2.02. The van der Waals surface area contributed by atoms with Gasteiger partial charge >= 0.3 is 12.1 Å². The third kappa shape index (κ3) is 3.38. The Morgan fingerprint density at radius 2 is 1.81 bits per heavy atom. The molecule has 7 nitrogen and oxygen atoms in total. The summed E-state index contributed by atoms with van der Waals surface area (Å²) in [4.78, 5) is 30.9. The second-order valence-electron chi connectivity index (χ2n) is 8.17. The minimum absolute atomic E-state index is 0.162. The molecular formula is C19H32N4O3. The van der Waals surface area contributed by atoms with Crippen molar-refractivity contribution in [3.8, 4) is 0 Å². The lowest BCUT2D eigenvalue weighted by Crippen LogP contribution is -2.52. The van der Waals surface area contributed by atoms with Gasteiger partial charge in [0.25, 0.3) is 0 Å². The first kappa shape index (κ1) is 17.9. The van der Waals surface area contributed by atoms with Crippen LogP contribution < -0.4 is 5.32 Å². The molecular weight excluding hydrogens is 332 g/mol. The summed E-state index contributed by atoms with van der Waals surface area (Å²) in [7, 11) is 0. The lowest BCUT2D eigenvalue weighted by Gasteiger charge is -2.41. The van der Waals surface area contributed by atoms with Gasteiger partial charge in [-0.05, 0) is 39.0 Å². The quantitative estimate of drug-likeness (QED) is 0.832. The van der Waals surface area contributed by atoms with Crippen LogP contribution in [-0.4, -0.2) is 83.8 Å². The Morgan fingerprint density at radius 1 is 1.08 bits per heavy atom. The molecule has 4 rings (SSSR count). The van der Waals surface area contributed by atoms with Gasteiger partial charge < -0.3 is 19.9 Å². The monoisotopic (exact) mass is 364 g/mol. The van der Waals surface area contributed by atoms with E-state index in [2.05, 4.69) is 15.1 Å². The molecule has 3 amide bonds. The Morgan fingerprint density at radius 3 is 2.58 bits per heavy atom. The zero-order valence-electron chi connectivity index (χ0n) is 15.9. The molecule has 1 aliphatic carbocycles. The highest BCUT2D eigenvalue weighted by Crippen LogP contribution is 2.33. The van der Waals surface area contributed by atoms with Gasteiger partial charge in [-0.3, -0.25) is 4.90 Å². The van der Waals surface area contributed by atoms with Gasteiger partial charge in [-0.1, -0.05) is 12.8 Å². The summed E-state index contributed by atoms with van der Waals surface area (Å²) in [5, 5.41) is 3.22. The molecule has 4 aliphatic rings. The van der Waals surface area contributed by atoms with E-state index in [1.807, 2.05) is 11.8 Å². The minimum atomic E-state index is -0.179. The number of carbonyl (C=O) groups excluding carboxylic acids is 2. The summed E-state index contributed by atoms with van der Waals surface area (Å²) in [6.45, 7) is 5.90. The standard InChI is InChI=1S/C19H32N4O3/c1-2-26-19(25)22-12-9-15(13-22)21-10-7-14(8-11-21)23-17-6-4-3-5-16(17)20-18(23)24/h14-17H,2-13H2,1H3,(H,20,24)/t15?,16-,17+/m1/s1. The Kier molecular flexibility index (Phi) is 5.25. The van der Waals surface area contributed by atoms with Crippen LogP contribution in [0.4, 0.5) is 9.59 Å². The largest absolute Gasteiger partial charge is 0.450 e. The highest BCUT2D eigenvalue weighted by molar-refractivity contribution is 5.78. The topological polar surface area (TPSA) is 65.1 Å². The molecule has 1 unspecified atom stereocenters. The van der Waals surface area contributed by atoms with E-state index in [1.165, 1.54) is 12.8 Å². The Bertz CT molecular complexity index is 535.